The molecule has 3 N–H and O–H groups in total. The zero-order chi connectivity index (χ0) is 15.5. The van der Waals surface area contributed by atoms with Crippen LogP contribution in [0.25, 0.3) is 0 Å². The standard InChI is InChI=1S/C16H20N4O2/c1-22-14-8-3-2-6-11(14)10-13-12-7-4-5-9-18-15(12)20(19-13)16(17)21/h2-3,6,8,18H,4-5,7,9-10H2,1H3,(H2,17,21). The molecule has 1 aliphatic rings. The summed E-state index contributed by atoms with van der Waals surface area (Å²) in [5.41, 5.74) is 8.46. The largest absolute Gasteiger partial charge is 0.496 e. The molecule has 0 saturated heterocycles. The SMILES string of the molecule is COc1ccccc1Cc1nn(C(N)=O)c2c1CCCCN2. The number of benzene rings is 1. The molecule has 1 aromatic carbocycles. The maximum atomic E-state index is 11.6. The van der Waals surface area contributed by atoms with E-state index in [9.17, 15) is 4.79 Å². The van der Waals surface area contributed by atoms with Crippen molar-refractivity contribution in [3.63, 3.8) is 0 Å². The topological polar surface area (TPSA) is 82.2 Å². The van der Waals surface area contributed by atoms with Gasteiger partial charge in [0.25, 0.3) is 0 Å². The summed E-state index contributed by atoms with van der Waals surface area (Å²) in [6.45, 7) is 0.833. The number of carbonyl (C=O) groups is 1. The Bertz CT molecular complexity index is 693. The number of nitrogens with zero attached hydrogens (tertiary/aromatic N) is 2. The van der Waals surface area contributed by atoms with Gasteiger partial charge in [-0.25, -0.2) is 4.79 Å². The van der Waals surface area contributed by atoms with Crippen molar-refractivity contribution in [1.29, 1.82) is 0 Å². The van der Waals surface area contributed by atoms with Crippen LogP contribution in [0.1, 0.15) is 29.7 Å². The number of ether oxygens (including phenoxy) is 1. The third-order valence-electron chi connectivity index (χ3n) is 3.97. The quantitative estimate of drug-likeness (QED) is 0.910. The molecule has 0 fully saturated rings. The first-order valence-corrected chi connectivity index (χ1v) is 7.47. The van der Waals surface area contributed by atoms with Gasteiger partial charge in [0.05, 0.1) is 12.8 Å². The Kier molecular flexibility index (Phi) is 4.00. The summed E-state index contributed by atoms with van der Waals surface area (Å²) in [7, 11) is 1.66. The van der Waals surface area contributed by atoms with Gasteiger partial charge in [-0.05, 0) is 25.3 Å². The summed E-state index contributed by atoms with van der Waals surface area (Å²) in [4.78, 5) is 11.6. The van der Waals surface area contributed by atoms with Crippen LogP contribution in [-0.2, 0) is 12.8 Å². The van der Waals surface area contributed by atoms with Crippen LogP contribution >= 0.6 is 0 Å². The highest BCUT2D eigenvalue weighted by atomic mass is 16.5. The molecule has 0 spiro atoms. The van der Waals surface area contributed by atoms with Gasteiger partial charge in [-0.3, -0.25) is 0 Å². The van der Waals surface area contributed by atoms with Crippen molar-refractivity contribution in [2.75, 3.05) is 19.0 Å². The van der Waals surface area contributed by atoms with E-state index in [-0.39, 0.29) is 0 Å². The molecule has 2 aromatic rings. The van der Waals surface area contributed by atoms with E-state index in [1.807, 2.05) is 24.3 Å². The minimum Gasteiger partial charge on any atom is -0.496 e. The molecule has 0 saturated carbocycles. The number of carbonyl (C=O) groups excluding carboxylic acids is 1. The lowest BCUT2D eigenvalue weighted by atomic mass is 10.0. The average molecular weight is 300 g/mol. The van der Waals surface area contributed by atoms with Crippen LogP contribution in [0.3, 0.4) is 0 Å². The van der Waals surface area contributed by atoms with Gasteiger partial charge in [0.2, 0.25) is 0 Å². The lowest BCUT2D eigenvalue weighted by Crippen LogP contribution is -2.23. The minimum atomic E-state index is -0.558. The highest BCUT2D eigenvalue weighted by Crippen LogP contribution is 2.28. The van der Waals surface area contributed by atoms with E-state index in [4.69, 9.17) is 10.5 Å². The van der Waals surface area contributed by atoms with Crippen LogP contribution in [0.4, 0.5) is 10.6 Å². The van der Waals surface area contributed by atoms with Gasteiger partial charge in [0, 0.05) is 24.1 Å². The van der Waals surface area contributed by atoms with Crippen LogP contribution in [0.2, 0.25) is 0 Å². The van der Waals surface area contributed by atoms with Gasteiger partial charge in [-0.2, -0.15) is 9.78 Å². The molecular weight excluding hydrogens is 280 g/mol. The number of methoxy groups -OCH3 is 1. The summed E-state index contributed by atoms with van der Waals surface area (Å²) < 4.78 is 6.68. The van der Waals surface area contributed by atoms with E-state index in [0.717, 1.165) is 54.2 Å². The fourth-order valence-corrected chi connectivity index (χ4v) is 2.90. The van der Waals surface area contributed by atoms with E-state index in [2.05, 4.69) is 10.4 Å². The van der Waals surface area contributed by atoms with Crippen LogP contribution in [0.15, 0.2) is 24.3 Å². The average Bonchev–Trinajstić information content (AvgIpc) is 2.71. The number of amides is 1. The van der Waals surface area contributed by atoms with Gasteiger partial charge in [0.15, 0.2) is 0 Å². The van der Waals surface area contributed by atoms with E-state index < -0.39 is 6.03 Å². The zero-order valence-corrected chi connectivity index (χ0v) is 12.6. The Morgan fingerprint density at radius 1 is 1.41 bits per heavy atom. The predicted octanol–water partition coefficient (Wildman–Crippen LogP) is 2.16. The number of primary amides is 1. The van der Waals surface area contributed by atoms with Gasteiger partial charge in [-0.1, -0.05) is 18.2 Å². The van der Waals surface area contributed by atoms with Gasteiger partial charge >= 0.3 is 6.03 Å². The fraction of sp³-hybridized carbons (Fsp3) is 0.375. The summed E-state index contributed by atoms with van der Waals surface area (Å²) >= 11 is 0. The first kappa shape index (κ1) is 14.4. The molecular formula is C16H20N4O2. The van der Waals surface area contributed by atoms with Crippen molar-refractivity contribution in [3.05, 3.63) is 41.1 Å². The first-order chi connectivity index (χ1) is 10.7. The van der Waals surface area contributed by atoms with Crippen molar-refractivity contribution >= 4 is 11.8 Å². The van der Waals surface area contributed by atoms with Gasteiger partial charge < -0.3 is 15.8 Å². The van der Waals surface area contributed by atoms with E-state index >= 15 is 0 Å². The number of hydrogen-bond donors (Lipinski definition) is 2. The molecule has 3 rings (SSSR count). The number of nitrogens with two attached hydrogens (primary N) is 1. The lowest BCUT2D eigenvalue weighted by molar-refractivity contribution is 0.248. The van der Waals surface area contributed by atoms with Crippen molar-refractivity contribution in [1.82, 2.24) is 9.78 Å². The number of aromatic nitrogens is 2. The van der Waals surface area contributed by atoms with Gasteiger partial charge in [0.1, 0.15) is 11.6 Å². The predicted molar refractivity (Wildman–Crippen MR) is 84.4 cm³/mol. The maximum absolute atomic E-state index is 11.6. The Morgan fingerprint density at radius 2 is 2.23 bits per heavy atom. The second-order valence-corrected chi connectivity index (χ2v) is 5.40. The molecule has 0 radical (unpaired) electrons. The molecule has 1 aliphatic heterocycles. The molecule has 6 nitrogen and oxygen atoms in total. The summed E-state index contributed by atoms with van der Waals surface area (Å²) in [5.74, 6) is 1.57. The second kappa shape index (κ2) is 6.09. The van der Waals surface area contributed by atoms with Crippen molar-refractivity contribution in [3.8, 4) is 5.75 Å². The molecule has 0 bridgehead atoms. The number of nitrogens with one attached hydrogen (secondary N) is 1. The Hall–Kier alpha value is -2.50. The lowest BCUT2D eigenvalue weighted by Gasteiger charge is -2.07. The smallest absolute Gasteiger partial charge is 0.341 e. The Morgan fingerprint density at radius 3 is 3.00 bits per heavy atom. The van der Waals surface area contributed by atoms with Crippen molar-refractivity contribution in [2.24, 2.45) is 5.73 Å². The van der Waals surface area contributed by atoms with Crippen LogP contribution in [-0.4, -0.2) is 29.5 Å². The number of hydrogen-bond acceptors (Lipinski definition) is 4. The zero-order valence-electron chi connectivity index (χ0n) is 12.6. The minimum absolute atomic E-state index is 0.558. The van der Waals surface area contributed by atoms with E-state index in [1.54, 1.807) is 7.11 Å². The molecule has 22 heavy (non-hydrogen) atoms. The van der Waals surface area contributed by atoms with Crippen LogP contribution in [0.5, 0.6) is 5.75 Å². The number of fused-ring (bicyclic) bond motifs is 1. The monoisotopic (exact) mass is 300 g/mol. The fourth-order valence-electron chi connectivity index (χ4n) is 2.90. The molecule has 1 amide bonds. The molecule has 0 atom stereocenters. The van der Waals surface area contributed by atoms with E-state index in [1.165, 1.54) is 4.68 Å². The highest BCUT2D eigenvalue weighted by Gasteiger charge is 2.22. The van der Waals surface area contributed by atoms with Crippen molar-refractivity contribution in [2.45, 2.75) is 25.7 Å². The summed E-state index contributed by atoms with van der Waals surface area (Å²) in [6, 6.07) is 7.29. The number of anilines is 1. The normalized spacial score (nSPS) is 13.9. The van der Waals surface area contributed by atoms with Crippen molar-refractivity contribution < 1.29 is 9.53 Å². The van der Waals surface area contributed by atoms with Crippen LogP contribution in [0, 0.1) is 0 Å². The van der Waals surface area contributed by atoms with Gasteiger partial charge in [-0.15, -0.1) is 0 Å². The molecule has 0 unspecified atom stereocenters. The molecule has 116 valence electrons. The molecule has 2 heterocycles. The maximum Gasteiger partial charge on any atom is 0.341 e. The number of rotatable bonds is 3. The summed E-state index contributed by atoms with van der Waals surface area (Å²) in [5, 5.41) is 7.71. The van der Waals surface area contributed by atoms with E-state index in [0.29, 0.717) is 6.42 Å². The third-order valence-corrected chi connectivity index (χ3v) is 3.97. The first-order valence-electron chi connectivity index (χ1n) is 7.47. The Balaban J connectivity index is 2.02. The second-order valence-electron chi connectivity index (χ2n) is 5.40. The molecule has 6 heteroatoms. The van der Waals surface area contributed by atoms with Crippen LogP contribution < -0.4 is 15.8 Å². The summed E-state index contributed by atoms with van der Waals surface area (Å²) in [6.07, 6.45) is 3.67. The molecule has 0 aliphatic carbocycles. The molecule has 1 aromatic heterocycles. The Labute approximate surface area is 129 Å². The third kappa shape index (κ3) is 2.64. The highest BCUT2D eigenvalue weighted by molar-refractivity contribution is 5.79. The number of para-hydroxylation sites is 1.